The predicted molar refractivity (Wildman–Crippen MR) is 78.6 cm³/mol. The zero-order chi connectivity index (χ0) is 14.4. The average Bonchev–Trinajstić information content (AvgIpc) is 2.46. The van der Waals surface area contributed by atoms with E-state index in [1.54, 1.807) is 48.8 Å². The number of nitrogens with zero attached hydrogens (tertiary/aromatic N) is 1. The van der Waals surface area contributed by atoms with Crippen LogP contribution >= 0.6 is 11.8 Å². The van der Waals surface area contributed by atoms with Crippen molar-refractivity contribution in [1.82, 2.24) is 4.98 Å². The number of nitrogens with one attached hydrogen (secondary N) is 1. The molecule has 3 N–H and O–H groups in total. The molecule has 0 radical (unpaired) electrons. The summed E-state index contributed by atoms with van der Waals surface area (Å²) in [4.78, 5) is 27.7. The fourth-order valence-corrected chi connectivity index (χ4v) is 2.43. The van der Waals surface area contributed by atoms with Crippen molar-refractivity contribution in [1.29, 1.82) is 0 Å². The number of rotatable bonds is 5. The van der Waals surface area contributed by atoms with Crippen molar-refractivity contribution < 1.29 is 9.59 Å². The summed E-state index contributed by atoms with van der Waals surface area (Å²) in [5.41, 5.74) is 6.35. The van der Waals surface area contributed by atoms with E-state index in [9.17, 15) is 9.59 Å². The second-order valence-electron chi connectivity index (χ2n) is 3.94. The summed E-state index contributed by atoms with van der Waals surface area (Å²) in [5.74, 6) is -0.470. The van der Waals surface area contributed by atoms with E-state index in [4.69, 9.17) is 5.73 Å². The molecule has 0 spiro atoms. The Balaban J connectivity index is 1.96. The van der Waals surface area contributed by atoms with Crippen LogP contribution in [0, 0.1) is 0 Å². The fourth-order valence-electron chi connectivity index (χ4n) is 1.57. The normalized spacial score (nSPS) is 10.0. The highest BCUT2D eigenvalue weighted by Gasteiger charge is 2.10. The SMILES string of the molecule is NC(=O)c1ccccc1SCC(=O)Nc1cccnc1. The zero-order valence-corrected chi connectivity index (χ0v) is 11.4. The van der Waals surface area contributed by atoms with Crippen molar-refractivity contribution in [2.45, 2.75) is 4.90 Å². The van der Waals surface area contributed by atoms with Crippen LogP contribution in [0.5, 0.6) is 0 Å². The highest BCUT2D eigenvalue weighted by molar-refractivity contribution is 8.00. The molecule has 1 aromatic carbocycles. The van der Waals surface area contributed by atoms with Crippen LogP contribution in [-0.4, -0.2) is 22.6 Å². The molecule has 2 aromatic rings. The number of carbonyl (C=O) groups excluding carboxylic acids is 2. The van der Waals surface area contributed by atoms with Crippen molar-refractivity contribution >= 4 is 29.3 Å². The van der Waals surface area contributed by atoms with Crippen LogP contribution < -0.4 is 11.1 Å². The Labute approximate surface area is 120 Å². The van der Waals surface area contributed by atoms with Crippen LogP contribution in [0.4, 0.5) is 5.69 Å². The van der Waals surface area contributed by atoms with Crippen molar-refractivity contribution in [2.75, 3.05) is 11.1 Å². The molecule has 20 heavy (non-hydrogen) atoms. The van der Waals surface area contributed by atoms with Gasteiger partial charge in [0.05, 0.1) is 23.2 Å². The molecular weight excluding hydrogens is 274 g/mol. The minimum Gasteiger partial charge on any atom is -0.366 e. The number of benzene rings is 1. The third-order valence-corrected chi connectivity index (χ3v) is 3.53. The molecule has 2 amide bonds. The minimum absolute atomic E-state index is 0.165. The first kappa shape index (κ1) is 14.1. The first-order chi connectivity index (χ1) is 9.66. The van der Waals surface area contributed by atoms with Gasteiger partial charge in [0.2, 0.25) is 11.8 Å². The van der Waals surface area contributed by atoms with Gasteiger partial charge >= 0.3 is 0 Å². The lowest BCUT2D eigenvalue weighted by Crippen LogP contribution is -2.15. The Kier molecular flexibility index (Phi) is 4.73. The van der Waals surface area contributed by atoms with Crippen molar-refractivity contribution in [3.8, 4) is 0 Å². The number of pyridine rings is 1. The summed E-state index contributed by atoms with van der Waals surface area (Å²) in [6.07, 6.45) is 3.20. The molecule has 0 bridgehead atoms. The molecule has 5 nitrogen and oxygen atoms in total. The molecule has 6 heteroatoms. The molecule has 0 saturated heterocycles. The van der Waals surface area contributed by atoms with Gasteiger partial charge in [-0.1, -0.05) is 12.1 Å². The van der Waals surface area contributed by atoms with Crippen LogP contribution in [0.1, 0.15) is 10.4 Å². The maximum atomic E-state index is 11.8. The van der Waals surface area contributed by atoms with Crippen molar-refractivity contribution in [3.63, 3.8) is 0 Å². The van der Waals surface area contributed by atoms with Gasteiger partial charge in [0.15, 0.2) is 0 Å². The Hall–Kier alpha value is -2.34. The highest BCUT2D eigenvalue weighted by Crippen LogP contribution is 2.22. The topological polar surface area (TPSA) is 85.1 Å². The molecule has 0 aliphatic rings. The molecule has 2 rings (SSSR count). The van der Waals surface area contributed by atoms with Gasteiger partial charge < -0.3 is 11.1 Å². The molecule has 0 fully saturated rings. The highest BCUT2D eigenvalue weighted by atomic mass is 32.2. The van der Waals surface area contributed by atoms with Gasteiger partial charge in [0.25, 0.3) is 0 Å². The van der Waals surface area contributed by atoms with Crippen molar-refractivity contribution in [3.05, 3.63) is 54.4 Å². The van der Waals surface area contributed by atoms with Crippen molar-refractivity contribution in [2.24, 2.45) is 5.73 Å². The number of thioether (sulfide) groups is 1. The third kappa shape index (κ3) is 3.83. The molecule has 0 aliphatic heterocycles. The summed E-state index contributed by atoms with van der Waals surface area (Å²) in [7, 11) is 0. The van der Waals surface area contributed by atoms with Gasteiger partial charge in [-0.2, -0.15) is 0 Å². The number of nitrogens with two attached hydrogens (primary N) is 1. The minimum atomic E-state index is -0.499. The number of carbonyl (C=O) groups is 2. The van der Waals surface area contributed by atoms with Gasteiger partial charge in [-0.05, 0) is 24.3 Å². The largest absolute Gasteiger partial charge is 0.366 e. The summed E-state index contributed by atoms with van der Waals surface area (Å²) in [5, 5.41) is 2.72. The maximum Gasteiger partial charge on any atom is 0.249 e. The number of amides is 2. The lowest BCUT2D eigenvalue weighted by atomic mass is 10.2. The van der Waals surface area contributed by atoms with E-state index in [2.05, 4.69) is 10.3 Å². The third-order valence-electron chi connectivity index (χ3n) is 2.46. The number of aromatic nitrogens is 1. The molecule has 102 valence electrons. The van der Waals surface area contributed by atoms with Crippen LogP contribution in [0.3, 0.4) is 0 Å². The van der Waals surface area contributed by atoms with E-state index in [1.807, 2.05) is 0 Å². The number of anilines is 1. The molecule has 0 saturated carbocycles. The monoisotopic (exact) mass is 287 g/mol. The first-order valence-electron chi connectivity index (χ1n) is 5.88. The van der Waals surface area contributed by atoms with E-state index in [0.717, 1.165) is 0 Å². The average molecular weight is 287 g/mol. The van der Waals surface area contributed by atoms with Crippen LogP contribution in [-0.2, 0) is 4.79 Å². The lowest BCUT2D eigenvalue weighted by Gasteiger charge is -2.07. The zero-order valence-electron chi connectivity index (χ0n) is 10.6. The molecule has 0 unspecified atom stereocenters. The van der Waals surface area contributed by atoms with E-state index in [0.29, 0.717) is 16.1 Å². The molecule has 0 atom stereocenters. The van der Waals surface area contributed by atoms with Gasteiger partial charge in [0.1, 0.15) is 0 Å². The summed E-state index contributed by atoms with van der Waals surface area (Å²) >= 11 is 1.27. The van der Waals surface area contributed by atoms with Gasteiger partial charge in [-0.25, -0.2) is 0 Å². The second-order valence-corrected chi connectivity index (χ2v) is 4.96. The van der Waals surface area contributed by atoms with Crippen LogP contribution in [0.15, 0.2) is 53.7 Å². The second kappa shape index (κ2) is 6.72. The number of hydrogen-bond donors (Lipinski definition) is 2. The van der Waals surface area contributed by atoms with E-state index in [1.165, 1.54) is 11.8 Å². The smallest absolute Gasteiger partial charge is 0.249 e. The van der Waals surface area contributed by atoms with E-state index in [-0.39, 0.29) is 11.7 Å². The summed E-state index contributed by atoms with van der Waals surface area (Å²) < 4.78 is 0. The summed E-state index contributed by atoms with van der Waals surface area (Å²) in [6.45, 7) is 0. The Morgan fingerprint density at radius 3 is 2.70 bits per heavy atom. The summed E-state index contributed by atoms with van der Waals surface area (Å²) in [6, 6.07) is 10.4. The molecule has 1 aromatic heterocycles. The van der Waals surface area contributed by atoms with E-state index < -0.39 is 5.91 Å². The number of primary amides is 1. The van der Waals surface area contributed by atoms with E-state index >= 15 is 0 Å². The Morgan fingerprint density at radius 2 is 2.00 bits per heavy atom. The quantitative estimate of drug-likeness (QED) is 0.823. The number of hydrogen-bond acceptors (Lipinski definition) is 4. The molecular formula is C14H13N3O2S. The first-order valence-corrected chi connectivity index (χ1v) is 6.87. The Bertz CT molecular complexity index is 617. The predicted octanol–water partition coefficient (Wildman–Crippen LogP) is 1.91. The van der Waals surface area contributed by atoms with Gasteiger partial charge in [-0.15, -0.1) is 11.8 Å². The van der Waals surface area contributed by atoms with Crippen LogP contribution in [0.2, 0.25) is 0 Å². The standard InChI is InChI=1S/C14H13N3O2S/c15-14(19)11-5-1-2-6-12(11)20-9-13(18)17-10-4-3-7-16-8-10/h1-8H,9H2,(H2,15,19)(H,17,18). The van der Waals surface area contributed by atoms with Gasteiger partial charge in [0, 0.05) is 11.1 Å². The fraction of sp³-hybridized carbons (Fsp3) is 0.0714. The Morgan fingerprint density at radius 1 is 1.20 bits per heavy atom. The van der Waals surface area contributed by atoms with Crippen LogP contribution in [0.25, 0.3) is 0 Å². The van der Waals surface area contributed by atoms with Gasteiger partial charge in [-0.3, -0.25) is 14.6 Å². The molecule has 1 heterocycles. The molecule has 0 aliphatic carbocycles. The maximum absolute atomic E-state index is 11.8. The lowest BCUT2D eigenvalue weighted by molar-refractivity contribution is -0.113.